The molecule has 1 fully saturated rings. The molecule has 0 saturated carbocycles. The number of likely N-dealkylation sites (tertiary alicyclic amines) is 1. The van der Waals surface area contributed by atoms with Gasteiger partial charge in [-0.05, 0) is 44.0 Å². The van der Waals surface area contributed by atoms with E-state index in [1.807, 2.05) is 6.07 Å². The molecule has 1 aliphatic rings. The van der Waals surface area contributed by atoms with Crippen molar-refractivity contribution in [3.8, 4) is 5.75 Å². The Bertz CT molecular complexity index is 329. The first-order valence-corrected chi connectivity index (χ1v) is 6.64. The highest BCUT2D eigenvalue weighted by Crippen LogP contribution is 2.22. The van der Waals surface area contributed by atoms with Gasteiger partial charge in [0.15, 0.2) is 0 Å². The lowest BCUT2D eigenvalue weighted by Gasteiger charge is -2.31. The van der Waals surface area contributed by atoms with Gasteiger partial charge in [-0.25, -0.2) is 0 Å². The Morgan fingerprint density at radius 1 is 1.35 bits per heavy atom. The van der Waals surface area contributed by atoms with Gasteiger partial charge in [0.2, 0.25) is 0 Å². The molecule has 94 valence electrons. The maximum absolute atomic E-state index is 9.18. The molecular formula is C14H22N2O. The summed E-state index contributed by atoms with van der Waals surface area (Å²) in [6, 6.07) is 3.62. The van der Waals surface area contributed by atoms with E-state index in [4.69, 9.17) is 0 Å². The summed E-state index contributed by atoms with van der Waals surface area (Å²) >= 11 is 0. The molecule has 1 aliphatic heterocycles. The fraction of sp³-hybridized carbons (Fsp3) is 0.643. The fourth-order valence-corrected chi connectivity index (χ4v) is 2.58. The van der Waals surface area contributed by atoms with Gasteiger partial charge < -0.3 is 5.11 Å². The summed E-state index contributed by atoms with van der Waals surface area (Å²) in [5.41, 5.74) is 1.05. The zero-order valence-electron chi connectivity index (χ0n) is 10.6. The third-order valence-electron chi connectivity index (χ3n) is 3.60. The van der Waals surface area contributed by atoms with Crippen molar-refractivity contribution in [3.63, 3.8) is 0 Å². The second-order valence-electron chi connectivity index (χ2n) is 5.02. The Morgan fingerprint density at radius 3 is 2.71 bits per heavy atom. The summed E-state index contributed by atoms with van der Waals surface area (Å²) in [4.78, 5) is 6.70. The molecule has 1 N–H and O–H groups in total. The van der Waals surface area contributed by atoms with Crippen LogP contribution < -0.4 is 0 Å². The molecule has 1 saturated heterocycles. The van der Waals surface area contributed by atoms with Crippen molar-refractivity contribution in [1.29, 1.82) is 0 Å². The Balaban J connectivity index is 1.79. The SMILES string of the molecule is CCCC1CCN(Cc2ccc(O)cn2)CC1. The van der Waals surface area contributed by atoms with Crippen LogP contribution in [0.5, 0.6) is 5.75 Å². The van der Waals surface area contributed by atoms with Gasteiger partial charge in [0, 0.05) is 6.54 Å². The van der Waals surface area contributed by atoms with Crippen LogP contribution in [-0.2, 0) is 6.54 Å². The summed E-state index contributed by atoms with van der Waals surface area (Å²) in [5.74, 6) is 1.18. The fourth-order valence-electron chi connectivity index (χ4n) is 2.58. The highest BCUT2D eigenvalue weighted by Gasteiger charge is 2.18. The quantitative estimate of drug-likeness (QED) is 0.870. The predicted molar refractivity (Wildman–Crippen MR) is 68.8 cm³/mol. The van der Waals surface area contributed by atoms with Crippen molar-refractivity contribution in [2.24, 2.45) is 5.92 Å². The average Bonchev–Trinajstić information content (AvgIpc) is 2.35. The van der Waals surface area contributed by atoms with Gasteiger partial charge in [-0.15, -0.1) is 0 Å². The zero-order chi connectivity index (χ0) is 12.1. The van der Waals surface area contributed by atoms with Crippen LogP contribution in [0.2, 0.25) is 0 Å². The molecule has 17 heavy (non-hydrogen) atoms. The minimum atomic E-state index is 0.246. The van der Waals surface area contributed by atoms with Crippen molar-refractivity contribution in [1.82, 2.24) is 9.88 Å². The summed E-state index contributed by atoms with van der Waals surface area (Å²) < 4.78 is 0. The van der Waals surface area contributed by atoms with Crippen molar-refractivity contribution in [3.05, 3.63) is 24.0 Å². The standard InChI is InChI=1S/C14H22N2O/c1-2-3-12-6-8-16(9-7-12)11-13-4-5-14(17)10-15-13/h4-5,10,12,17H,2-3,6-9,11H2,1H3. The van der Waals surface area contributed by atoms with Gasteiger partial charge >= 0.3 is 0 Å². The first-order valence-electron chi connectivity index (χ1n) is 6.64. The molecular weight excluding hydrogens is 212 g/mol. The van der Waals surface area contributed by atoms with E-state index in [2.05, 4.69) is 16.8 Å². The minimum absolute atomic E-state index is 0.246. The Hall–Kier alpha value is -1.09. The maximum atomic E-state index is 9.18. The van der Waals surface area contributed by atoms with E-state index in [0.29, 0.717) is 0 Å². The van der Waals surface area contributed by atoms with Crippen LogP contribution in [0.15, 0.2) is 18.3 Å². The lowest BCUT2D eigenvalue weighted by molar-refractivity contribution is 0.170. The number of pyridine rings is 1. The molecule has 0 unspecified atom stereocenters. The lowest BCUT2D eigenvalue weighted by atomic mass is 9.92. The minimum Gasteiger partial charge on any atom is -0.506 e. The Kier molecular flexibility index (Phi) is 4.37. The number of piperidine rings is 1. The predicted octanol–water partition coefficient (Wildman–Crippen LogP) is 2.80. The molecule has 0 aliphatic carbocycles. The summed E-state index contributed by atoms with van der Waals surface area (Å²) in [6.07, 6.45) is 6.87. The van der Waals surface area contributed by atoms with E-state index in [1.165, 1.54) is 45.0 Å². The first-order chi connectivity index (χ1) is 8.28. The molecule has 0 spiro atoms. The van der Waals surface area contributed by atoms with Crippen molar-refractivity contribution in [2.45, 2.75) is 39.2 Å². The van der Waals surface area contributed by atoms with E-state index in [-0.39, 0.29) is 5.75 Å². The second kappa shape index (κ2) is 6.01. The zero-order valence-corrected chi connectivity index (χ0v) is 10.6. The van der Waals surface area contributed by atoms with E-state index >= 15 is 0 Å². The topological polar surface area (TPSA) is 36.4 Å². The van der Waals surface area contributed by atoms with Crippen LogP contribution in [0, 0.1) is 5.92 Å². The Morgan fingerprint density at radius 2 is 2.12 bits per heavy atom. The molecule has 0 bridgehead atoms. The third-order valence-corrected chi connectivity index (χ3v) is 3.60. The number of nitrogens with zero attached hydrogens (tertiary/aromatic N) is 2. The number of aromatic nitrogens is 1. The van der Waals surface area contributed by atoms with Crippen LogP contribution >= 0.6 is 0 Å². The molecule has 0 aromatic carbocycles. The van der Waals surface area contributed by atoms with E-state index in [1.54, 1.807) is 6.07 Å². The van der Waals surface area contributed by atoms with Gasteiger partial charge in [-0.2, -0.15) is 0 Å². The highest BCUT2D eigenvalue weighted by atomic mass is 16.3. The number of hydrogen-bond acceptors (Lipinski definition) is 3. The molecule has 0 amide bonds. The van der Waals surface area contributed by atoms with Crippen LogP contribution in [0.4, 0.5) is 0 Å². The van der Waals surface area contributed by atoms with Gasteiger partial charge in [0.25, 0.3) is 0 Å². The molecule has 0 radical (unpaired) electrons. The van der Waals surface area contributed by atoms with Crippen molar-refractivity contribution >= 4 is 0 Å². The van der Waals surface area contributed by atoms with Crippen LogP contribution in [-0.4, -0.2) is 28.1 Å². The largest absolute Gasteiger partial charge is 0.506 e. The second-order valence-corrected chi connectivity index (χ2v) is 5.02. The lowest BCUT2D eigenvalue weighted by Crippen LogP contribution is -2.33. The monoisotopic (exact) mass is 234 g/mol. The van der Waals surface area contributed by atoms with E-state index in [0.717, 1.165) is 18.2 Å². The average molecular weight is 234 g/mol. The van der Waals surface area contributed by atoms with Crippen molar-refractivity contribution in [2.75, 3.05) is 13.1 Å². The van der Waals surface area contributed by atoms with E-state index < -0.39 is 0 Å². The number of hydrogen-bond donors (Lipinski definition) is 1. The first kappa shape index (κ1) is 12.4. The summed E-state index contributed by atoms with van der Waals surface area (Å²) in [7, 11) is 0. The van der Waals surface area contributed by atoms with Crippen LogP contribution in [0.25, 0.3) is 0 Å². The maximum Gasteiger partial charge on any atom is 0.133 e. The van der Waals surface area contributed by atoms with Crippen LogP contribution in [0.1, 0.15) is 38.3 Å². The molecule has 1 aromatic heterocycles. The molecule has 1 aromatic rings. The summed E-state index contributed by atoms with van der Waals surface area (Å²) in [5, 5.41) is 9.18. The van der Waals surface area contributed by atoms with Gasteiger partial charge in [0.05, 0.1) is 11.9 Å². The van der Waals surface area contributed by atoms with Gasteiger partial charge in [-0.1, -0.05) is 19.8 Å². The third kappa shape index (κ3) is 3.70. The summed E-state index contributed by atoms with van der Waals surface area (Å²) in [6.45, 7) is 5.56. The Labute approximate surface area is 103 Å². The normalized spacial score (nSPS) is 18.4. The smallest absolute Gasteiger partial charge is 0.133 e. The number of rotatable bonds is 4. The van der Waals surface area contributed by atoms with Gasteiger partial charge in [-0.3, -0.25) is 9.88 Å². The molecule has 3 heteroatoms. The van der Waals surface area contributed by atoms with Crippen molar-refractivity contribution < 1.29 is 5.11 Å². The van der Waals surface area contributed by atoms with E-state index in [9.17, 15) is 5.11 Å². The highest BCUT2D eigenvalue weighted by molar-refractivity contribution is 5.17. The molecule has 2 heterocycles. The molecule has 3 nitrogen and oxygen atoms in total. The molecule has 2 rings (SSSR count). The van der Waals surface area contributed by atoms with Crippen LogP contribution in [0.3, 0.4) is 0 Å². The number of aromatic hydroxyl groups is 1. The van der Waals surface area contributed by atoms with Gasteiger partial charge in [0.1, 0.15) is 5.75 Å². The molecule has 0 atom stereocenters.